The van der Waals surface area contributed by atoms with E-state index in [9.17, 15) is 14.7 Å². The van der Waals surface area contributed by atoms with Crippen molar-refractivity contribution in [2.24, 2.45) is 11.8 Å². The van der Waals surface area contributed by atoms with Crippen LogP contribution in [0.1, 0.15) is 51.2 Å². The molecule has 0 unspecified atom stereocenters. The summed E-state index contributed by atoms with van der Waals surface area (Å²) in [4.78, 5) is 29.9. The largest absolute Gasteiger partial charge is 0.457 e. The molecule has 5 rings (SSSR count). The lowest BCUT2D eigenvalue weighted by atomic mass is 9.91. The number of aromatic nitrogens is 3. The topological polar surface area (TPSA) is 110 Å². The summed E-state index contributed by atoms with van der Waals surface area (Å²) >= 11 is 6.03. The van der Waals surface area contributed by atoms with Crippen LogP contribution >= 0.6 is 11.6 Å². The number of halogens is 2. The van der Waals surface area contributed by atoms with Crippen LogP contribution < -0.4 is 0 Å². The molecule has 2 aliphatic rings. The number of aliphatic hydroxyl groups excluding tert-OH is 1. The first-order chi connectivity index (χ1) is 22.5. The van der Waals surface area contributed by atoms with E-state index >= 15 is 4.39 Å². The zero-order valence-electron chi connectivity index (χ0n) is 27.3. The normalized spacial score (nSPS) is 25.9. The third kappa shape index (κ3) is 8.97. The summed E-state index contributed by atoms with van der Waals surface area (Å²) in [7, 11) is 2.02. The van der Waals surface area contributed by atoms with Crippen LogP contribution in [0.4, 0.5) is 9.18 Å². The molecule has 47 heavy (non-hydrogen) atoms. The minimum atomic E-state index is -0.896. The van der Waals surface area contributed by atoms with E-state index in [1.54, 1.807) is 33.9 Å². The molecule has 12 heteroatoms. The second kappa shape index (κ2) is 15.4. The van der Waals surface area contributed by atoms with E-state index in [4.69, 9.17) is 21.1 Å². The van der Waals surface area contributed by atoms with Crippen molar-refractivity contribution < 1.29 is 28.6 Å². The number of piperazine rings is 1. The number of aliphatic hydroxyl groups is 1. The van der Waals surface area contributed by atoms with E-state index in [0.717, 1.165) is 18.7 Å². The smallest absolute Gasteiger partial charge is 0.410 e. The molecule has 2 aromatic carbocycles. The van der Waals surface area contributed by atoms with Crippen molar-refractivity contribution in [1.82, 2.24) is 24.8 Å². The highest BCUT2D eigenvalue weighted by atomic mass is 35.5. The van der Waals surface area contributed by atoms with Gasteiger partial charge >= 0.3 is 12.1 Å². The van der Waals surface area contributed by atoms with Crippen LogP contribution in [0.3, 0.4) is 0 Å². The average molecular weight is 668 g/mol. The van der Waals surface area contributed by atoms with Gasteiger partial charge in [0.1, 0.15) is 17.7 Å². The summed E-state index contributed by atoms with van der Waals surface area (Å²) < 4.78 is 28.8. The lowest BCUT2D eigenvalue weighted by molar-refractivity contribution is -0.151. The highest BCUT2D eigenvalue weighted by molar-refractivity contribution is 6.30. The molecule has 252 valence electrons. The molecule has 1 amide bonds. The van der Waals surface area contributed by atoms with Gasteiger partial charge in [0.05, 0.1) is 24.6 Å². The van der Waals surface area contributed by atoms with Gasteiger partial charge in [-0.05, 0) is 79.8 Å². The van der Waals surface area contributed by atoms with Crippen LogP contribution in [0, 0.1) is 17.7 Å². The summed E-state index contributed by atoms with van der Waals surface area (Å²) in [5, 5.41) is 19.5. The molecule has 1 N–H and O–H groups in total. The van der Waals surface area contributed by atoms with E-state index in [0.29, 0.717) is 54.2 Å². The van der Waals surface area contributed by atoms with Gasteiger partial charge in [0.25, 0.3) is 0 Å². The van der Waals surface area contributed by atoms with Crippen LogP contribution in [0.25, 0.3) is 17.1 Å². The van der Waals surface area contributed by atoms with Crippen molar-refractivity contribution in [1.29, 1.82) is 0 Å². The molecule has 0 spiro atoms. The number of nitrogens with zero attached hydrogens (tertiary/aromatic N) is 5. The number of carbonyl (C=O) groups is 2. The molecule has 0 radical (unpaired) electrons. The molecule has 3 heterocycles. The quantitative estimate of drug-likeness (QED) is 0.272. The van der Waals surface area contributed by atoms with Gasteiger partial charge < -0.3 is 24.4 Å². The monoisotopic (exact) mass is 667 g/mol. The summed E-state index contributed by atoms with van der Waals surface area (Å²) in [5.41, 5.74) is 2.84. The predicted octanol–water partition coefficient (Wildman–Crippen LogP) is 5.71. The number of esters is 1. The standard InChI is InChI=1S/C35H43ClFN5O5/c1-22-5-11-28(43)20-32(44)47-34(23(2)6-12-31(22)46-35(45)41-15-13-40(4)14-16-41)24(3)17-26-18-29(37)33-30(19-26)42(39-38-33)21-25-7-9-27(36)10-8-25/h6-10,12,17-19,22-23,28,31,34,43H,5,11,13-16,20-21H2,1-4H3/b12-6+,24-17+/t22-,23-,28+,31-,34-/m0/s1. The lowest BCUT2D eigenvalue weighted by Gasteiger charge is -2.33. The number of ether oxygens (including phenoxy) is 2. The molecule has 1 aromatic heterocycles. The maximum absolute atomic E-state index is 15.2. The van der Waals surface area contributed by atoms with Crippen LogP contribution in [-0.2, 0) is 20.8 Å². The maximum atomic E-state index is 15.2. The first kappa shape index (κ1) is 34.5. The Balaban J connectivity index is 1.40. The molecule has 1 saturated heterocycles. The molecular formula is C35H43ClFN5O5. The second-order valence-corrected chi connectivity index (χ2v) is 13.3. The average Bonchev–Trinajstić information content (AvgIpc) is 3.44. The summed E-state index contributed by atoms with van der Waals surface area (Å²) in [5.74, 6) is -1.45. The number of rotatable bonds is 5. The van der Waals surface area contributed by atoms with Gasteiger partial charge in [0.15, 0.2) is 5.82 Å². The van der Waals surface area contributed by atoms with Crippen LogP contribution in [0.15, 0.2) is 54.1 Å². The molecular weight excluding hydrogens is 625 g/mol. The molecule has 1 fully saturated rings. The predicted molar refractivity (Wildman–Crippen MR) is 178 cm³/mol. The Kier molecular flexibility index (Phi) is 11.3. The Labute approximate surface area is 279 Å². The van der Waals surface area contributed by atoms with E-state index in [2.05, 4.69) is 15.2 Å². The highest BCUT2D eigenvalue weighted by Gasteiger charge is 2.29. The zero-order valence-corrected chi connectivity index (χ0v) is 28.1. The van der Waals surface area contributed by atoms with Gasteiger partial charge in [-0.2, -0.15) is 0 Å². The first-order valence-corrected chi connectivity index (χ1v) is 16.5. The Morgan fingerprint density at radius 3 is 2.57 bits per heavy atom. The third-order valence-corrected chi connectivity index (χ3v) is 9.19. The van der Waals surface area contributed by atoms with Crippen molar-refractivity contribution in [2.45, 2.75) is 64.9 Å². The molecule has 0 saturated carbocycles. The minimum absolute atomic E-state index is 0.0870. The Bertz CT molecular complexity index is 1620. The number of likely N-dealkylation sites (N-methyl/N-ethyl adjacent to an activating group) is 1. The van der Waals surface area contributed by atoms with Crippen molar-refractivity contribution in [2.75, 3.05) is 33.2 Å². The van der Waals surface area contributed by atoms with Crippen molar-refractivity contribution in [3.8, 4) is 0 Å². The van der Waals surface area contributed by atoms with Gasteiger partial charge in [0.2, 0.25) is 0 Å². The summed E-state index contributed by atoms with van der Waals surface area (Å²) in [6.07, 6.45) is 3.81. The molecule has 10 nitrogen and oxygen atoms in total. The maximum Gasteiger partial charge on any atom is 0.410 e. The fraction of sp³-hybridized carbons (Fsp3) is 0.486. The number of benzene rings is 2. The van der Waals surface area contributed by atoms with Gasteiger partial charge in [-0.1, -0.05) is 54.9 Å². The zero-order chi connectivity index (χ0) is 33.7. The number of amides is 1. The SMILES string of the molecule is C/C(=C\c1cc(F)c2nnn(Cc3ccc(Cl)cc3)c2c1)[C@H]1OC(=O)C[C@H](O)CC[C@H](C)[C@@H](OC(=O)N2CCN(C)CC2)/C=C/[C@@H]1C. The second-order valence-electron chi connectivity index (χ2n) is 12.8. The highest BCUT2D eigenvalue weighted by Crippen LogP contribution is 2.27. The van der Waals surface area contributed by atoms with Gasteiger partial charge in [0, 0.05) is 37.1 Å². The summed E-state index contributed by atoms with van der Waals surface area (Å²) in [6, 6.07) is 10.5. The number of fused-ring (bicyclic) bond motifs is 1. The van der Waals surface area contributed by atoms with Crippen molar-refractivity contribution in [3.63, 3.8) is 0 Å². The summed E-state index contributed by atoms with van der Waals surface area (Å²) in [6.45, 7) is 8.85. The van der Waals surface area contributed by atoms with Crippen molar-refractivity contribution >= 4 is 40.8 Å². The fourth-order valence-electron chi connectivity index (χ4n) is 5.98. The van der Waals surface area contributed by atoms with E-state index in [-0.39, 0.29) is 29.9 Å². The van der Waals surface area contributed by atoms with E-state index in [1.807, 2.05) is 52.1 Å². The van der Waals surface area contributed by atoms with E-state index < -0.39 is 30.1 Å². The van der Waals surface area contributed by atoms with Crippen molar-refractivity contribution in [3.05, 3.63) is 76.1 Å². The van der Waals surface area contributed by atoms with E-state index in [1.165, 1.54) is 6.07 Å². The molecule has 5 atom stereocenters. The lowest BCUT2D eigenvalue weighted by Crippen LogP contribution is -2.48. The fourth-order valence-corrected chi connectivity index (χ4v) is 6.11. The Hall–Kier alpha value is -3.80. The molecule has 2 aliphatic heterocycles. The Morgan fingerprint density at radius 2 is 1.85 bits per heavy atom. The number of carbonyl (C=O) groups excluding carboxylic acids is 2. The Morgan fingerprint density at radius 1 is 1.13 bits per heavy atom. The molecule has 0 aliphatic carbocycles. The first-order valence-electron chi connectivity index (χ1n) is 16.1. The number of hydrogen-bond acceptors (Lipinski definition) is 8. The van der Waals surface area contributed by atoms with Gasteiger partial charge in [-0.3, -0.25) is 4.79 Å². The third-order valence-electron chi connectivity index (χ3n) is 8.94. The van der Waals surface area contributed by atoms with Gasteiger partial charge in [-0.15, -0.1) is 5.10 Å². The molecule has 3 aromatic rings. The molecule has 0 bridgehead atoms. The van der Waals surface area contributed by atoms with Gasteiger partial charge in [-0.25, -0.2) is 13.9 Å². The van der Waals surface area contributed by atoms with Crippen LogP contribution in [0.5, 0.6) is 0 Å². The minimum Gasteiger partial charge on any atom is -0.457 e. The van der Waals surface area contributed by atoms with Crippen LogP contribution in [0.2, 0.25) is 5.02 Å². The number of hydrogen-bond donors (Lipinski definition) is 1. The van der Waals surface area contributed by atoms with Crippen LogP contribution in [-0.4, -0.2) is 93.5 Å². The number of cyclic esters (lactones) is 1.